The number of aliphatic hydroxyl groups is 1. The van der Waals surface area contributed by atoms with Crippen molar-refractivity contribution in [2.75, 3.05) is 33.9 Å². The average molecular weight is 358 g/mol. The maximum absolute atomic E-state index is 12.0. The van der Waals surface area contributed by atoms with E-state index in [0.717, 1.165) is 11.1 Å². The van der Waals surface area contributed by atoms with Crippen LogP contribution in [0, 0.1) is 0 Å². The number of carbonyl (C=O) groups excluding carboxylic acids is 1. The Morgan fingerprint density at radius 2 is 1.77 bits per heavy atom. The SMILES string of the molecule is COc1ccc(CC(=O)NCCNCC(O)c2ccccc2)cc1OC. The molecule has 0 saturated carbocycles. The average Bonchev–Trinajstić information content (AvgIpc) is 2.68. The van der Waals surface area contributed by atoms with Gasteiger partial charge in [0.15, 0.2) is 11.5 Å². The van der Waals surface area contributed by atoms with Crippen LogP contribution in [-0.2, 0) is 11.2 Å². The molecule has 140 valence electrons. The molecule has 0 radical (unpaired) electrons. The second kappa shape index (κ2) is 10.4. The third-order valence-electron chi connectivity index (χ3n) is 3.96. The van der Waals surface area contributed by atoms with Crippen LogP contribution in [0.3, 0.4) is 0 Å². The van der Waals surface area contributed by atoms with Crippen LogP contribution in [0.25, 0.3) is 0 Å². The number of hydrogen-bond donors (Lipinski definition) is 3. The lowest BCUT2D eigenvalue weighted by molar-refractivity contribution is -0.120. The normalized spacial score (nSPS) is 11.7. The fourth-order valence-corrected chi connectivity index (χ4v) is 2.56. The largest absolute Gasteiger partial charge is 0.493 e. The zero-order valence-electron chi connectivity index (χ0n) is 15.2. The summed E-state index contributed by atoms with van der Waals surface area (Å²) < 4.78 is 10.4. The van der Waals surface area contributed by atoms with Crippen molar-refractivity contribution in [2.24, 2.45) is 0 Å². The number of nitrogens with one attached hydrogen (secondary N) is 2. The number of hydrogen-bond acceptors (Lipinski definition) is 5. The summed E-state index contributed by atoms with van der Waals surface area (Å²) in [6, 6.07) is 14.9. The Kier molecular flexibility index (Phi) is 7.92. The van der Waals surface area contributed by atoms with Crippen LogP contribution in [0.15, 0.2) is 48.5 Å². The molecule has 0 fully saturated rings. The number of methoxy groups -OCH3 is 2. The van der Waals surface area contributed by atoms with Crippen LogP contribution < -0.4 is 20.1 Å². The molecule has 6 nitrogen and oxygen atoms in total. The van der Waals surface area contributed by atoms with Crippen LogP contribution in [0.1, 0.15) is 17.2 Å². The van der Waals surface area contributed by atoms with Crippen LogP contribution >= 0.6 is 0 Å². The predicted molar refractivity (Wildman–Crippen MR) is 101 cm³/mol. The zero-order chi connectivity index (χ0) is 18.8. The van der Waals surface area contributed by atoms with Gasteiger partial charge in [-0.1, -0.05) is 36.4 Å². The van der Waals surface area contributed by atoms with Crippen LogP contribution in [0.2, 0.25) is 0 Å². The molecule has 2 aromatic rings. The third kappa shape index (κ3) is 6.06. The lowest BCUT2D eigenvalue weighted by Crippen LogP contribution is -2.34. The summed E-state index contributed by atoms with van der Waals surface area (Å²) in [5.41, 5.74) is 1.73. The maximum Gasteiger partial charge on any atom is 0.224 e. The van der Waals surface area contributed by atoms with Crippen molar-refractivity contribution in [3.8, 4) is 11.5 Å². The minimum Gasteiger partial charge on any atom is -0.493 e. The van der Waals surface area contributed by atoms with Crippen molar-refractivity contribution >= 4 is 5.91 Å². The van der Waals surface area contributed by atoms with Crippen LogP contribution in [0.4, 0.5) is 0 Å². The van der Waals surface area contributed by atoms with Crippen molar-refractivity contribution < 1.29 is 19.4 Å². The summed E-state index contributed by atoms with van der Waals surface area (Å²) in [5, 5.41) is 16.0. The molecule has 26 heavy (non-hydrogen) atoms. The Hall–Kier alpha value is -2.57. The van der Waals surface area contributed by atoms with Gasteiger partial charge in [0.05, 0.1) is 26.7 Å². The van der Waals surface area contributed by atoms with Gasteiger partial charge in [-0.25, -0.2) is 0 Å². The molecule has 0 saturated heterocycles. The van der Waals surface area contributed by atoms with E-state index in [0.29, 0.717) is 31.1 Å². The van der Waals surface area contributed by atoms with Gasteiger partial charge in [0.1, 0.15) is 0 Å². The van der Waals surface area contributed by atoms with Crippen LogP contribution in [-0.4, -0.2) is 44.9 Å². The Balaban J connectivity index is 1.67. The second-order valence-electron chi connectivity index (χ2n) is 5.85. The summed E-state index contributed by atoms with van der Waals surface area (Å²) >= 11 is 0. The third-order valence-corrected chi connectivity index (χ3v) is 3.96. The molecule has 0 aliphatic heterocycles. The first-order valence-corrected chi connectivity index (χ1v) is 8.55. The fourth-order valence-electron chi connectivity index (χ4n) is 2.56. The summed E-state index contributed by atoms with van der Waals surface area (Å²) in [7, 11) is 3.14. The van der Waals surface area contributed by atoms with E-state index in [1.165, 1.54) is 0 Å². The second-order valence-corrected chi connectivity index (χ2v) is 5.85. The number of aliphatic hydroxyl groups excluding tert-OH is 1. The molecule has 3 N–H and O–H groups in total. The predicted octanol–water partition coefficient (Wildman–Crippen LogP) is 1.69. The first-order chi connectivity index (χ1) is 12.6. The van der Waals surface area contributed by atoms with Crippen molar-refractivity contribution in [3.63, 3.8) is 0 Å². The van der Waals surface area contributed by atoms with Gasteiger partial charge in [0.25, 0.3) is 0 Å². The summed E-state index contributed by atoms with van der Waals surface area (Å²) in [6.07, 6.45) is -0.286. The van der Waals surface area contributed by atoms with E-state index in [9.17, 15) is 9.90 Å². The Morgan fingerprint density at radius 3 is 2.46 bits per heavy atom. The lowest BCUT2D eigenvalue weighted by atomic mass is 10.1. The highest BCUT2D eigenvalue weighted by Gasteiger charge is 2.09. The van der Waals surface area contributed by atoms with Gasteiger partial charge >= 0.3 is 0 Å². The summed E-state index contributed by atoms with van der Waals surface area (Å²) in [4.78, 5) is 12.0. The van der Waals surface area contributed by atoms with E-state index in [4.69, 9.17) is 9.47 Å². The minimum absolute atomic E-state index is 0.0670. The topological polar surface area (TPSA) is 79.8 Å². The molecule has 6 heteroatoms. The van der Waals surface area contributed by atoms with E-state index in [1.807, 2.05) is 36.4 Å². The van der Waals surface area contributed by atoms with Crippen molar-refractivity contribution in [1.29, 1.82) is 0 Å². The number of ether oxygens (including phenoxy) is 2. The number of rotatable bonds is 10. The smallest absolute Gasteiger partial charge is 0.224 e. The summed E-state index contributed by atoms with van der Waals surface area (Å²) in [5.74, 6) is 1.18. The quantitative estimate of drug-likeness (QED) is 0.563. The molecule has 0 bridgehead atoms. The van der Waals surface area contributed by atoms with E-state index < -0.39 is 6.10 Å². The molecule has 1 unspecified atom stereocenters. The minimum atomic E-state index is -0.557. The number of benzene rings is 2. The molecule has 0 spiro atoms. The van der Waals surface area contributed by atoms with Crippen molar-refractivity contribution in [3.05, 3.63) is 59.7 Å². The molecular formula is C20H26N2O4. The summed E-state index contributed by atoms with van der Waals surface area (Å²) in [6.45, 7) is 1.52. The molecule has 2 aromatic carbocycles. The molecular weight excluding hydrogens is 332 g/mol. The van der Waals surface area contributed by atoms with E-state index >= 15 is 0 Å². The first kappa shape index (κ1) is 19.8. The molecule has 0 aliphatic rings. The van der Waals surface area contributed by atoms with Crippen molar-refractivity contribution in [2.45, 2.75) is 12.5 Å². The van der Waals surface area contributed by atoms with Gasteiger partial charge in [0.2, 0.25) is 5.91 Å². The number of amides is 1. The van der Waals surface area contributed by atoms with E-state index in [-0.39, 0.29) is 12.3 Å². The van der Waals surface area contributed by atoms with Gasteiger partial charge < -0.3 is 25.2 Å². The maximum atomic E-state index is 12.0. The van der Waals surface area contributed by atoms with Gasteiger partial charge in [-0.2, -0.15) is 0 Å². The number of carbonyl (C=O) groups is 1. The monoisotopic (exact) mass is 358 g/mol. The first-order valence-electron chi connectivity index (χ1n) is 8.55. The molecule has 1 atom stereocenters. The van der Waals surface area contributed by atoms with Crippen LogP contribution in [0.5, 0.6) is 11.5 Å². The molecule has 2 rings (SSSR count). The highest BCUT2D eigenvalue weighted by molar-refractivity contribution is 5.78. The fraction of sp³-hybridized carbons (Fsp3) is 0.350. The van der Waals surface area contributed by atoms with Gasteiger partial charge in [-0.15, -0.1) is 0 Å². The Bertz CT molecular complexity index is 691. The molecule has 1 amide bonds. The van der Waals surface area contributed by atoms with Gasteiger partial charge in [-0.3, -0.25) is 4.79 Å². The van der Waals surface area contributed by atoms with Crippen molar-refractivity contribution in [1.82, 2.24) is 10.6 Å². The molecule has 0 aliphatic carbocycles. The Morgan fingerprint density at radius 1 is 1.04 bits per heavy atom. The van der Waals surface area contributed by atoms with Gasteiger partial charge in [0, 0.05) is 19.6 Å². The molecule has 0 heterocycles. The molecule has 0 aromatic heterocycles. The van der Waals surface area contributed by atoms with Gasteiger partial charge in [-0.05, 0) is 23.3 Å². The van der Waals surface area contributed by atoms with E-state index in [1.54, 1.807) is 26.4 Å². The van der Waals surface area contributed by atoms with E-state index in [2.05, 4.69) is 10.6 Å². The lowest BCUT2D eigenvalue weighted by Gasteiger charge is -2.13. The highest BCUT2D eigenvalue weighted by atomic mass is 16.5. The standard InChI is InChI=1S/C20H26N2O4/c1-25-18-9-8-15(12-19(18)26-2)13-20(24)22-11-10-21-14-17(23)16-6-4-3-5-7-16/h3-9,12,17,21,23H,10-11,13-14H2,1-2H3,(H,22,24). The zero-order valence-corrected chi connectivity index (χ0v) is 15.2. The highest BCUT2D eigenvalue weighted by Crippen LogP contribution is 2.27. The Labute approximate surface area is 154 Å².